The summed E-state index contributed by atoms with van der Waals surface area (Å²) in [6.07, 6.45) is 1.78. The van der Waals surface area contributed by atoms with E-state index in [1.54, 1.807) is 36.9 Å². The molecule has 4 aromatic rings. The number of halogens is 2. The Labute approximate surface area is 183 Å². The lowest BCUT2D eigenvalue weighted by Crippen LogP contribution is -2.39. The molecule has 0 saturated carbocycles. The molecule has 4 rings (SSSR count). The van der Waals surface area contributed by atoms with Crippen LogP contribution in [0.15, 0.2) is 34.1 Å². The number of aryl methyl sites for hydroxylation is 2. The van der Waals surface area contributed by atoms with Gasteiger partial charge in [0, 0.05) is 35.7 Å². The van der Waals surface area contributed by atoms with Crippen molar-refractivity contribution in [3.05, 3.63) is 60.3 Å². The molecule has 11 heteroatoms. The molecular weight excluding hydrogens is 451 g/mol. The van der Waals surface area contributed by atoms with Gasteiger partial charge in [-0.1, -0.05) is 29.3 Å². The van der Waals surface area contributed by atoms with Gasteiger partial charge < -0.3 is 9.30 Å². The predicted octanol–water partition coefficient (Wildman–Crippen LogP) is 3.20. The van der Waals surface area contributed by atoms with E-state index < -0.39 is 17.2 Å². The van der Waals surface area contributed by atoms with Crippen LogP contribution in [0.4, 0.5) is 0 Å². The second kappa shape index (κ2) is 7.90. The van der Waals surface area contributed by atoms with Crippen molar-refractivity contribution < 1.29 is 9.53 Å². The maximum atomic E-state index is 12.7. The number of carbonyl (C=O) groups is 1. The minimum Gasteiger partial charge on any atom is -0.461 e. The molecule has 0 N–H and O–H groups in total. The Kier molecular flexibility index (Phi) is 5.44. The van der Waals surface area contributed by atoms with Crippen LogP contribution in [0.3, 0.4) is 0 Å². The van der Waals surface area contributed by atoms with E-state index in [0.29, 0.717) is 32.5 Å². The summed E-state index contributed by atoms with van der Waals surface area (Å²) < 4.78 is 10.1. The molecule has 0 spiro atoms. The Hall–Kier alpha value is -2.62. The summed E-state index contributed by atoms with van der Waals surface area (Å²) >= 11 is 13.5. The van der Waals surface area contributed by atoms with Crippen LogP contribution in [0.2, 0.25) is 10.0 Å². The van der Waals surface area contributed by atoms with Gasteiger partial charge in [-0.2, -0.15) is 0 Å². The summed E-state index contributed by atoms with van der Waals surface area (Å²) in [5, 5.41) is 1.61. The van der Waals surface area contributed by atoms with Gasteiger partial charge in [-0.05, 0) is 18.6 Å². The minimum atomic E-state index is -0.556. The highest BCUT2D eigenvalue weighted by atomic mass is 35.5. The Morgan fingerprint density at radius 1 is 1.23 bits per heavy atom. The molecule has 0 aliphatic rings. The first kappa shape index (κ1) is 20.6. The van der Waals surface area contributed by atoms with Crippen LogP contribution in [0.1, 0.15) is 16.1 Å². The van der Waals surface area contributed by atoms with Gasteiger partial charge in [-0.15, -0.1) is 11.3 Å². The molecular formula is C19H16Cl2N4O4S. The van der Waals surface area contributed by atoms with Crippen molar-refractivity contribution in [1.29, 1.82) is 0 Å². The average molecular weight is 467 g/mol. The maximum absolute atomic E-state index is 12.7. The second-order valence-electron chi connectivity index (χ2n) is 6.70. The summed E-state index contributed by atoms with van der Waals surface area (Å²) in [7, 11) is 3.25. The van der Waals surface area contributed by atoms with E-state index in [2.05, 4.69) is 4.98 Å². The van der Waals surface area contributed by atoms with E-state index >= 15 is 0 Å². The maximum Gasteiger partial charge on any atom is 0.349 e. The third kappa shape index (κ3) is 3.42. The fourth-order valence-corrected chi connectivity index (χ4v) is 4.89. The van der Waals surface area contributed by atoms with Gasteiger partial charge >= 0.3 is 11.7 Å². The van der Waals surface area contributed by atoms with E-state index in [9.17, 15) is 14.4 Å². The van der Waals surface area contributed by atoms with Crippen LogP contribution in [0.25, 0.3) is 21.3 Å². The number of carbonyl (C=O) groups excluding carboxylic acids is 1. The largest absolute Gasteiger partial charge is 0.461 e. The van der Waals surface area contributed by atoms with E-state index in [1.807, 2.05) is 0 Å². The van der Waals surface area contributed by atoms with Crippen molar-refractivity contribution in [2.75, 3.05) is 6.61 Å². The lowest BCUT2D eigenvalue weighted by Gasteiger charge is -2.09. The number of rotatable bonds is 5. The topological polar surface area (TPSA) is 88.1 Å². The molecule has 30 heavy (non-hydrogen) atoms. The van der Waals surface area contributed by atoms with Crippen molar-refractivity contribution in [2.24, 2.45) is 14.1 Å². The number of benzene rings is 1. The first-order valence-corrected chi connectivity index (χ1v) is 10.5. The van der Waals surface area contributed by atoms with Crippen molar-refractivity contribution in [3.63, 3.8) is 0 Å². The number of aromatic nitrogens is 4. The van der Waals surface area contributed by atoms with Crippen molar-refractivity contribution in [3.8, 4) is 0 Å². The molecule has 0 aliphatic carbocycles. The van der Waals surface area contributed by atoms with Gasteiger partial charge in [0.15, 0.2) is 11.2 Å². The molecule has 3 heterocycles. The highest BCUT2D eigenvalue weighted by Crippen LogP contribution is 2.37. The van der Waals surface area contributed by atoms with Crippen LogP contribution < -0.4 is 11.2 Å². The van der Waals surface area contributed by atoms with Crippen LogP contribution in [0, 0.1) is 0 Å². The van der Waals surface area contributed by atoms with Crippen molar-refractivity contribution in [1.82, 2.24) is 18.7 Å². The first-order valence-electron chi connectivity index (χ1n) is 8.95. The summed E-state index contributed by atoms with van der Waals surface area (Å²) in [4.78, 5) is 41.9. The summed E-state index contributed by atoms with van der Waals surface area (Å²) in [6, 6.07) is 5.19. The normalized spacial score (nSPS) is 11.5. The lowest BCUT2D eigenvalue weighted by molar-refractivity contribution is 0.0501. The smallest absolute Gasteiger partial charge is 0.349 e. The minimum absolute atomic E-state index is 0.0309. The Bertz CT molecular complexity index is 1420. The average Bonchev–Trinajstić information content (AvgIpc) is 3.25. The highest BCUT2D eigenvalue weighted by Gasteiger charge is 2.19. The van der Waals surface area contributed by atoms with E-state index in [-0.39, 0.29) is 13.2 Å². The first-order chi connectivity index (χ1) is 14.3. The third-order valence-corrected chi connectivity index (χ3v) is 6.61. The quantitative estimate of drug-likeness (QED) is 0.332. The second-order valence-corrected chi connectivity index (χ2v) is 8.57. The van der Waals surface area contributed by atoms with Gasteiger partial charge in [0.25, 0.3) is 5.56 Å². The van der Waals surface area contributed by atoms with E-state index in [4.69, 9.17) is 27.9 Å². The Morgan fingerprint density at radius 2 is 2.00 bits per heavy atom. The third-order valence-electron chi connectivity index (χ3n) is 4.74. The zero-order valence-corrected chi connectivity index (χ0v) is 18.3. The zero-order chi connectivity index (χ0) is 21.6. The fourth-order valence-electron chi connectivity index (χ4n) is 3.22. The number of nitrogens with zero attached hydrogens (tertiary/aromatic N) is 4. The molecule has 0 atom stereocenters. The molecule has 0 bridgehead atoms. The van der Waals surface area contributed by atoms with E-state index in [0.717, 1.165) is 14.7 Å². The molecule has 1 aromatic carbocycles. The number of esters is 1. The van der Waals surface area contributed by atoms with Crippen molar-refractivity contribution in [2.45, 2.75) is 13.0 Å². The van der Waals surface area contributed by atoms with Gasteiger partial charge in [0.05, 0.1) is 18.0 Å². The van der Waals surface area contributed by atoms with Gasteiger partial charge in [0.2, 0.25) is 0 Å². The molecule has 0 radical (unpaired) electrons. The highest BCUT2D eigenvalue weighted by molar-refractivity contribution is 7.21. The number of hydrogen-bond donors (Lipinski definition) is 0. The summed E-state index contributed by atoms with van der Waals surface area (Å²) in [6.45, 7) is 0.138. The lowest BCUT2D eigenvalue weighted by atomic mass is 10.2. The number of thiophene rings is 1. The monoisotopic (exact) mass is 466 g/mol. The van der Waals surface area contributed by atoms with Gasteiger partial charge in [-0.25, -0.2) is 14.6 Å². The Morgan fingerprint density at radius 3 is 2.77 bits per heavy atom. The fraction of sp³-hybridized carbons (Fsp3) is 0.263. The standard InChI is InChI=1S/C19H16Cl2N4O4S/c1-23-9-22-16-14(23)17(26)25(19(28)24(16)2)6-3-7-29-18(27)15-13(21)11-5-4-10(20)8-12(11)30-15/h4-5,8-9H,3,6-7H2,1-2H3. The molecule has 0 aliphatic heterocycles. The summed E-state index contributed by atoms with van der Waals surface area (Å²) in [5.74, 6) is -0.556. The van der Waals surface area contributed by atoms with Crippen molar-refractivity contribution >= 4 is 61.8 Å². The number of imidazole rings is 1. The number of fused-ring (bicyclic) bond motifs is 2. The van der Waals surface area contributed by atoms with Crippen LogP contribution in [0.5, 0.6) is 0 Å². The molecule has 0 fully saturated rings. The van der Waals surface area contributed by atoms with E-state index in [1.165, 1.54) is 22.2 Å². The molecule has 8 nitrogen and oxygen atoms in total. The molecule has 0 saturated heterocycles. The van der Waals surface area contributed by atoms with Crippen LogP contribution in [-0.2, 0) is 25.4 Å². The van der Waals surface area contributed by atoms with Crippen LogP contribution in [-0.4, -0.2) is 31.3 Å². The zero-order valence-electron chi connectivity index (χ0n) is 16.0. The molecule has 0 unspecified atom stereocenters. The number of hydrogen-bond acceptors (Lipinski definition) is 6. The molecule has 0 amide bonds. The van der Waals surface area contributed by atoms with Crippen LogP contribution >= 0.6 is 34.5 Å². The predicted molar refractivity (Wildman–Crippen MR) is 117 cm³/mol. The number of ether oxygens (including phenoxy) is 1. The molecule has 3 aromatic heterocycles. The SMILES string of the molecule is Cn1cnc2c1c(=O)n(CCCOC(=O)c1sc3cc(Cl)ccc3c1Cl)c(=O)n2C. The molecule has 156 valence electrons. The Balaban J connectivity index is 1.48. The van der Waals surface area contributed by atoms with Gasteiger partial charge in [-0.3, -0.25) is 13.9 Å². The van der Waals surface area contributed by atoms with Gasteiger partial charge in [0.1, 0.15) is 4.88 Å². The summed E-state index contributed by atoms with van der Waals surface area (Å²) in [5.41, 5.74) is -0.231.